The SMILES string of the molecule is CCOc1c(C(C)Cl)cc(Cl)c(C)c1Br.Clc1nc(Cl)nc(Cl)n1. The lowest BCUT2D eigenvalue weighted by atomic mass is 10.1. The monoisotopic (exact) mass is 493 g/mol. The molecule has 0 fully saturated rings. The molecule has 10 heteroatoms. The molecule has 0 bridgehead atoms. The molecule has 2 aromatic rings. The highest BCUT2D eigenvalue weighted by molar-refractivity contribution is 9.10. The van der Waals surface area contributed by atoms with E-state index in [2.05, 4.69) is 30.9 Å². The van der Waals surface area contributed by atoms with Crippen LogP contribution in [0.3, 0.4) is 0 Å². The normalized spacial score (nSPS) is 11.5. The summed E-state index contributed by atoms with van der Waals surface area (Å²) in [6, 6.07) is 1.87. The fourth-order valence-corrected chi connectivity index (χ4v) is 3.26. The number of nitrogens with zero attached hydrogens (tertiary/aromatic N) is 3. The molecule has 1 heterocycles. The van der Waals surface area contributed by atoms with Crippen molar-refractivity contribution in [1.29, 1.82) is 0 Å². The number of halogens is 6. The van der Waals surface area contributed by atoms with Crippen LogP contribution in [0, 0.1) is 6.92 Å². The summed E-state index contributed by atoms with van der Waals surface area (Å²) in [5.74, 6) is 0.793. The van der Waals surface area contributed by atoms with Crippen molar-refractivity contribution < 1.29 is 4.74 Å². The Morgan fingerprint density at radius 2 is 1.54 bits per heavy atom. The maximum absolute atomic E-state index is 6.09. The zero-order valence-electron chi connectivity index (χ0n) is 12.9. The van der Waals surface area contributed by atoms with Gasteiger partial charge in [-0.25, -0.2) is 0 Å². The van der Waals surface area contributed by atoms with E-state index in [9.17, 15) is 0 Å². The fraction of sp³-hybridized carbons (Fsp3) is 0.357. The van der Waals surface area contributed by atoms with Crippen LogP contribution in [0.4, 0.5) is 0 Å². The lowest BCUT2D eigenvalue weighted by Gasteiger charge is -2.16. The average molecular weight is 496 g/mol. The van der Waals surface area contributed by atoms with Crippen molar-refractivity contribution in [1.82, 2.24) is 15.0 Å². The Morgan fingerprint density at radius 1 is 1.08 bits per heavy atom. The van der Waals surface area contributed by atoms with E-state index in [0.717, 1.165) is 21.3 Å². The van der Waals surface area contributed by atoms with Crippen molar-refractivity contribution in [3.05, 3.63) is 42.5 Å². The molecule has 0 saturated heterocycles. The summed E-state index contributed by atoms with van der Waals surface area (Å²) in [7, 11) is 0. The van der Waals surface area contributed by atoms with Gasteiger partial charge in [0.2, 0.25) is 15.9 Å². The first kappa shape index (κ1) is 22.0. The molecule has 0 amide bonds. The Labute approximate surface area is 173 Å². The number of hydrogen-bond acceptors (Lipinski definition) is 4. The van der Waals surface area contributed by atoms with Crippen LogP contribution < -0.4 is 4.74 Å². The second-order valence-corrected chi connectivity index (χ2v) is 7.28. The third-order valence-electron chi connectivity index (χ3n) is 2.70. The van der Waals surface area contributed by atoms with Crippen LogP contribution in [0.25, 0.3) is 0 Å². The number of benzene rings is 1. The third-order valence-corrected chi connectivity index (χ3v) is 4.79. The van der Waals surface area contributed by atoms with Crippen LogP contribution in [-0.4, -0.2) is 21.6 Å². The largest absolute Gasteiger partial charge is 0.492 e. The molecule has 4 nitrogen and oxygen atoms in total. The predicted molar refractivity (Wildman–Crippen MR) is 104 cm³/mol. The molecule has 2 rings (SSSR count). The molecular weight excluding hydrogens is 483 g/mol. The lowest BCUT2D eigenvalue weighted by Crippen LogP contribution is -2.00. The van der Waals surface area contributed by atoms with Crippen molar-refractivity contribution in [3.8, 4) is 5.75 Å². The molecule has 1 unspecified atom stereocenters. The Hall–Kier alpha value is -0.0400. The Kier molecular flexibility index (Phi) is 9.34. The lowest BCUT2D eigenvalue weighted by molar-refractivity contribution is 0.334. The minimum absolute atomic E-state index is 0.000000000000000444. The van der Waals surface area contributed by atoms with Crippen LogP contribution in [0.15, 0.2) is 10.5 Å². The van der Waals surface area contributed by atoms with E-state index in [-0.39, 0.29) is 21.2 Å². The maximum atomic E-state index is 6.09. The van der Waals surface area contributed by atoms with Crippen molar-refractivity contribution >= 4 is 73.9 Å². The fourth-order valence-electron chi connectivity index (χ4n) is 1.60. The molecule has 1 aromatic heterocycles. The van der Waals surface area contributed by atoms with E-state index in [1.54, 1.807) is 0 Å². The summed E-state index contributed by atoms with van der Waals surface area (Å²) >= 11 is 31.6. The van der Waals surface area contributed by atoms with Gasteiger partial charge in [-0.1, -0.05) is 11.6 Å². The zero-order valence-corrected chi connectivity index (χ0v) is 18.2. The van der Waals surface area contributed by atoms with Gasteiger partial charge >= 0.3 is 0 Å². The smallest absolute Gasteiger partial charge is 0.227 e. The molecule has 1 aromatic carbocycles. The van der Waals surface area contributed by atoms with Gasteiger partial charge in [0.25, 0.3) is 0 Å². The molecule has 0 radical (unpaired) electrons. The minimum atomic E-state index is -0.124. The standard InChI is InChI=1S/C11H13BrCl2O.C3Cl3N3/c1-4-15-11-8(7(3)13)5-9(14)6(2)10(11)12;4-1-7-2(5)9-3(6)8-1/h5,7H,4H2,1-3H3;. The van der Waals surface area contributed by atoms with Crippen LogP contribution in [0.1, 0.15) is 30.4 Å². The van der Waals surface area contributed by atoms with Gasteiger partial charge in [0.15, 0.2) is 0 Å². The molecule has 0 aliphatic rings. The summed E-state index contributed by atoms with van der Waals surface area (Å²) in [5.41, 5.74) is 1.89. The van der Waals surface area contributed by atoms with Crippen LogP contribution in [0.5, 0.6) is 5.75 Å². The molecular formula is C14H13BrCl5N3O. The second kappa shape index (κ2) is 10.2. The number of alkyl halides is 1. The number of hydrogen-bond donors (Lipinski definition) is 0. The van der Waals surface area contributed by atoms with Gasteiger partial charge in [0, 0.05) is 10.6 Å². The van der Waals surface area contributed by atoms with E-state index in [1.807, 2.05) is 26.8 Å². The van der Waals surface area contributed by atoms with Crippen molar-refractivity contribution in [2.24, 2.45) is 0 Å². The molecule has 1 atom stereocenters. The topological polar surface area (TPSA) is 47.9 Å². The van der Waals surface area contributed by atoms with Crippen molar-refractivity contribution in [2.75, 3.05) is 6.61 Å². The molecule has 0 N–H and O–H groups in total. The van der Waals surface area contributed by atoms with Gasteiger partial charge in [0.1, 0.15) is 5.75 Å². The maximum Gasteiger partial charge on any atom is 0.227 e. The van der Waals surface area contributed by atoms with E-state index in [1.165, 1.54) is 0 Å². The van der Waals surface area contributed by atoms with Gasteiger partial charge in [-0.15, -0.1) is 11.6 Å². The highest BCUT2D eigenvalue weighted by Gasteiger charge is 2.17. The predicted octanol–water partition coefficient (Wildman–Crippen LogP) is 6.94. The zero-order chi connectivity index (χ0) is 18.4. The van der Waals surface area contributed by atoms with Gasteiger partial charge in [-0.05, 0) is 83.1 Å². The average Bonchev–Trinajstić information content (AvgIpc) is 2.46. The molecule has 0 saturated carbocycles. The summed E-state index contributed by atoms with van der Waals surface area (Å²) in [5, 5.41) is 0.578. The molecule has 132 valence electrons. The summed E-state index contributed by atoms with van der Waals surface area (Å²) in [6.07, 6.45) is 0. The number of rotatable bonds is 3. The minimum Gasteiger partial charge on any atom is -0.492 e. The second-order valence-electron chi connectivity index (χ2n) is 4.41. The molecule has 24 heavy (non-hydrogen) atoms. The highest BCUT2D eigenvalue weighted by atomic mass is 79.9. The number of aromatic nitrogens is 3. The van der Waals surface area contributed by atoms with E-state index in [0.29, 0.717) is 11.6 Å². The van der Waals surface area contributed by atoms with Gasteiger partial charge in [-0.2, -0.15) is 15.0 Å². The Balaban J connectivity index is 0.000000272. The van der Waals surface area contributed by atoms with E-state index >= 15 is 0 Å². The Bertz CT molecular complexity index is 665. The van der Waals surface area contributed by atoms with Gasteiger partial charge in [-0.3, -0.25) is 0 Å². The third kappa shape index (κ3) is 6.36. The van der Waals surface area contributed by atoms with Gasteiger partial charge in [0.05, 0.1) is 16.5 Å². The summed E-state index contributed by atoms with van der Waals surface area (Å²) in [4.78, 5) is 10.4. The first-order valence-electron chi connectivity index (χ1n) is 6.65. The Morgan fingerprint density at radius 3 is 1.92 bits per heavy atom. The first-order chi connectivity index (χ1) is 11.2. The van der Waals surface area contributed by atoms with Crippen molar-refractivity contribution in [2.45, 2.75) is 26.1 Å². The number of ether oxygens (including phenoxy) is 1. The highest BCUT2D eigenvalue weighted by Crippen LogP contribution is 2.41. The van der Waals surface area contributed by atoms with E-state index < -0.39 is 0 Å². The van der Waals surface area contributed by atoms with Crippen molar-refractivity contribution in [3.63, 3.8) is 0 Å². The summed E-state index contributed by atoms with van der Waals surface area (Å²) in [6.45, 7) is 6.39. The quantitative estimate of drug-likeness (QED) is 0.432. The first-order valence-corrected chi connectivity index (χ1v) is 9.39. The van der Waals surface area contributed by atoms with Crippen LogP contribution in [-0.2, 0) is 0 Å². The van der Waals surface area contributed by atoms with Gasteiger partial charge < -0.3 is 4.74 Å². The van der Waals surface area contributed by atoms with E-state index in [4.69, 9.17) is 62.7 Å². The van der Waals surface area contributed by atoms with Crippen LogP contribution >= 0.6 is 73.9 Å². The van der Waals surface area contributed by atoms with Crippen LogP contribution in [0.2, 0.25) is 20.9 Å². The summed E-state index contributed by atoms with van der Waals surface area (Å²) < 4.78 is 6.46. The molecule has 0 aliphatic carbocycles. The molecule has 0 aliphatic heterocycles. The molecule has 0 spiro atoms.